The highest BCUT2D eigenvalue weighted by Gasteiger charge is 2.29. The second-order valence-electron chi connectivity index (χ2n) is 7.76. The van der Waals surface area contributed by atoms with Gasteiger partial charge in [0.2, 0.25) is 0 Å². The van der Waals surface area contributed by atoms with Crippen molar-refractivity contribution in [1.29, 1.82) is 0 Å². The van der Waals surface area contributed by atoms with Gasteiger partial charge in [0.05, 0.1) is 24.0 Å². The van der Waals surface area contributed by atoms with Gasteiger partial charge in [-0.25, -0.2) is 0 Å². The van der Waals surface area contributed by atoms with Crippen molar-refractivity contribution >= 4 is 5.69 Å². The standard InChI is InChI=1S/C24H29N3O/c1-3-7-24(26-21-16-25-27(17-21)18(2)19-10-11-19)20-12-14-23(15-13-20)28-22-8-5-4-6-9-22/h4-6,8-9,12-19,24,26H,3,7,10-11H2,1-2H3. The van der Waals surface area contributed by atoms with Crippen LogP contribution < -0.4 is 10.1 Å². The molecule has 0 spiro atoms. The highest BCUT2D eigenvalue weighted by Crippen LogP contribution is 2.39. The quantitative estimate of drug-likeness (QED) is 0.458. The molecule has 4 rings (SSSR count). The molecule has 1 aliphatic rings. The monoisotopic (exact) mass is 375 g/mol. The van der Waals surface area contributed by atoms with E-state index in [2.05, 4.69) is 47.3 Å². The Hall–Kier alpha value is -2.75. The number of anilines is 1. The minimum Gasteiger partial charge on any atom is -0.457 e. The third-order valence-electron chi connectivity index (χ3n) is 5.50. The second-order valence-corrected chi connectivity index (χ2v) is 7.76. The number of para-hydroxylation sites is 1. The molecule has 2 unspecified atom stereocenters. The van der Waals surface area contributed by atoms with Crippen molar-refractivity contribution in [2.24, 2.45) is 5.92 Å². The zero-order valence-corrected chi connectivity index (χ0v) is 16.7. The van der Waals surface area contributed by atoms with Crippen LogP contribution in [0.15, 0.2) is 67.0 Å². The Balaban J connectivity index is 1.43. The number of nitrogens with one attached hydrogen (secondary N) is 1. The van der Waals surface area contributed by atoms with Crippen LogP contribution in [0, 0.1) is 5.92 Å². The number of aromatic nitrogens is 2. The molecule has 2 atom stereocenters. The molecule has 3 aromatic rings. The maximum Gasteiger partial charge on any atom is 0.127 e. The molecule has 1 aliphatic carbocycles. The first-order chi connectivity index (χ1) is 13.7. The Kier molecular flexibility index (Phi) is 5.65. The molecule has 1 N–H and O–H groups in total. The number of hydrogen-bond donors (Lipinski definition) is 1. The SMILES string of the molecule is CCCC(Nc1cnn(C(C)C2CC2)c1)c1ccc(Oc2ccccc2)cc1. The van der Waals surface area contributed by atoms with Gasteiger partial charge in [0.15, 0.2) is 0 Å². The van der Waals surface area contributed by atoms with Crippen molar-refractivity contribution in [2.45, 2.75) is 51.6 Å². The van der Waals surface area contributed by atoms with Gasteiger partial charge in [-0.15, -0.1) is 0 Å². The zero-order chi connectivity index (χ0) is 19.3. The van der Waals surface area contributed by atoms with Crippen LogP contribution in [-0.2, 0) is 0 Å². The first-order valence-electron chi connectivity index (χ1n) is 10.4. The first-order valence-corrected chi connectivity index (χ1v) is 10.4. The predicted octanol–water partition coefficient (Wildman–Crippen LogP) is 6.60. The summed E-state index contributed by atoms with van der Waals surface area (Å²) >= 11 is 0. The molecule has 4 heteroatoms. The Bertz CT molecular complexity index is 868. The van der Waals surface area contributed by atoms with Crippen LogP contribution >= 0.6 is 0 Å². The van der Waals surface area contributed by atoms with Crippen molar-refractivity contribution in [1.82, 2.24) is 9.78 Å². The van der Waals surface area contributed by atoms with Gasteiger partial charge in [-0.2, -0.15) is 5.10 Å². The average Bonchev–Trinajstić information content (AvgIpc) is 3.47. The van der Waals surface area contributed by atoms with Gasteiger partial charge in [-0.3, -0.25) is 4.68 Å². The van der Waals surface area contributed by atoms with Crippen molar-refractivity contribution in [3.63, 3.8) is 0 Å². The molecule has 0 saturated heterocycles. The van der Waals surface area contributed by atoms with E-state index in [1.54, 1.807) is 0 Å². The van der Waals surface area contributed by atoms with Gasteiger partial charge in [0.25, 0.3) is 0 Å². The maximum atomic E-state index is 5.92. The lowest BCUT2D eigenvalue weighted by Crippen LogP contribution is -2.10. The fraction of sp³-hybridized carbons (Fsp3) is 0.375. The summed E-state index contributed by atoms with van der Waals surface area (Å²) in [7, 11) is 0. The number of benzene rings is 2. The van der Waals surface area contributed by atoms with E-state index in [1.165, 1.54) is 18.4 Å². The van der Waals surface area contributed by atoms with E-state index in [9.17, 15) is 0 Å². The molecule has 1 fully saturated rings. The summed E-state index contributed by atoms with van der Waals surface area (Å²) in [6, 6.07) is 19.1. The zero-order valence-electron chi connectivity index (χ0n) is 16.7. The van der Waals surface area contributed by atoms with Crippen LogP contribution in [0.25, 0.3) is 0 Å². The fourth-order valence-electron chi connectivity index (χ4n) is 3.63. The van der Waals surface area contributed by atoms with E-state index in [0.29, 0.717) is 6.04 Å². The molecule has 0 aliphatic heterocycles. The number of ether oxygens (including phenoxy) is 1. The van der Waals surface area contributed by atoms with Gasteiger partial charge in [-0.05, 0) is 61.9 Å². The van der Waals surface area contributed by atoms with Crippen LogP contribution in [0.3, 0.4) is 0 Å². The first kappa shape index (κ1) is 18.6. The molecule has 2 aromatic carbocycles. The van der Waals surface area contributed by atoms with Crippen molar-refractivity contribution in [3.8, 4) is 11.5 Å². The van der Waals surface area contributed by atoms with Crippen molar-refractivity contribution < 1.29 is 4.74 Å². The van der Waals surface area contributed by atoms with E-state index in [0.717, 1.165) is 35.9 Å². The Morgan fingerprint density at radius 3 is 2.46 bits per heavy atom. The summed E-state index contributed by atoms with van der Waals surface area (Å²) in [4.78, 5) is 0. The topological polar surface area (TPSA) is 39.1 Å². The third-order valence-corrected chi connectivity index (χ3v) is 5.50. The molecule has 1 heterocycles. The van der Waals surface area contributed by atoms with Crippen LogP contribution in [0.1, 0.15) is 57.2 Å². The van der Waals surface area contributed by atoms with Crippen molar-refractivity contribution in [2.75, 3.05) is 5.32 Å². The van der Waals surface area contributed by atoms with Crippen LogP contribution in [-0.4, -0.2) is 9.78 Å². The lowest BCUT2D eigenvalue weighted by Gasteiger charge is -2.19. The van der Waals surface area contributed by atoms with Gasteiger partial charge < -0.3 is 10.1 Å². The molecule has 0 bridgehead atoms. The van der Waals surface area contributed by atoms with E-state index < -0.39 is 0 Å². The minimum absolute atomic E-state index is 0.268. The predicted molar refractivity (Wildman–Crippen MR) is 114 cm³/mol. The molecule has 4 nitrogen and oxygen atoms in total. The summed E-state index contributed by atoms with van der Waals surface area (Å²) in [6.45, 7) is 4.49. The lowest BCUT2D eigenvalue weighted by molar-refractivity contribution is 0.440. The van der Waals surface area contributed by atoms with Gasteiger partial charge in [-0.1, -0.05) is 43.7 Å². The molecule has 0 radical (unpaired) electrons. The van der Waals surface area contributed by atoms with E-state index in [-0.39, 0.29) is 6.04 Å². The van der Waals surface area contributed by atoms with E-state index >= 15 is 0 Å². The van der Waals surface area contributed by atoms with E-state index in [4.69, 9.17) is 4.74 Å². The third kappa shape index (κ3) is 4.56. The van der Waals surface area contributed by atoms with Crippen LogP contribution in [0.2, 0.25) is 0 Å². The van der Waals surface area contributed by atoms with E-state index in [1.807, 2.05) is 48.7 Å². The molecule has 146 valence electrons. The summed E-state index contributed by atoms with van der Waals surface area (Å²) in [5.74, 6) is 2.52. The van der Waals surface area contributed by atoms with Crippen molar-refractivity contribution in [3.05, 3.63) is 72.6 Å². The van der Waals surface area contributed by atoms with Crippen LogP contribution in [0.4, 0.5) is 5.69 Å². The molecule has 1 saturated carbocycles. The molecular formula is C24H29N3O. The summed E-state index contributed by atoms with van der Waals surface area (Å²) in [5.41, 5.74) is 2.36. The molecule has 1 aromatic heterocycles. The summed E-state index contributed by atoms with van der Waals surface area (Å²) in [6.07, 6.45) is 8.96. The minimum atomic E-state index is 0.268. The largest absolute Gasteiger partial charge is 0.457 e. The maximum absolute atomic E-state index is 5.92. The normalized spacial score (nSPS) is 15.8. The fourth-order valence-corrected chi connectivity index (χ4v) is 3.63. The lowest BCUT2D eigenvalue weighted by atomic mass is 10.0. The number of nitrogens with zero attached hydrogens (tertiary/aromatic N) is 2. The Morgan fingerprint density at radius 1 is 1.07 bits per heavy atom. The molecular weight excluding hydrogens is 346 g/mol. The number of hydrogen-bond acceptors (Lipinski definition) is 3. The summed E-state index contributed by atoms with van der Waals surface area (Å²) < 4.78 is 8.03. The Morgan fingerprint density at radius 2 is 1.79 bits per heavy atom. The Labute approximate surface area is 167 Å². The smallest absolute Gasteiger partial charge is 0.127 e. The van der Waals surface area contributed by atoms with Gasteiger partial charge in [0, 0.05) is 6.20 Å². The highest BCUT2D eigenvalue weighted by atomic mass is 16.5. The second kappa shape index (κ2) is 8.51. The van der Waals surface area contributed by atoms with Gasteiger partial charge in [0.1, 0.15) is 11.5 Å². The summed E-state index contributed by atoms with van der Waals surface area (Å²) in [5, 5.41) is 8.26. The van der Waals surface area contributed by atoms with Crippen LogP contribution in [0.5, 0.6) is 11.5 Å². The highest BCUT2D eigenvalue weighted by molar-refractivity contribution is 5.43. The number of rotatable bonds is 9. The van der Waals surface area contributed by atoms with Gasteiger partial charge >= 0.3 is 0 Å². The molecule has 28 heavy (non-hydrogen) atoms. The molecule has 0 amide bonds. The average molecular weight is 376 g/mol.